The number of carboxylic acid groups (broad SMARTS) is 1. The molecule has 1 aliphatic rings. The van der Waals surface area contributed by atoms with E-state index in [0.717, 1.165) is 6.42 Å². The molecular weight excluding hydrogens is 184 g/mol. The highest BCUT2D eigenvalue weighted by Crippen LogP contribution is 2.09. The van der Waals surface area contributed by atoms with E-state index >= 15 is 0 Å². The zero-order valence-electron chi connectivity index (χ0n) is 8.32. The molecule has 1 atom stereocenters. The first-order valence-electron chi connectivity index (χ1n) is 4.89. The van der Waals surface area contributed by atoms with Gasteiger partial charge in [0.15, 0.2) is 0 Å². The monoisotopic (exact) mass is 200 g/mol. The van der Waals surface area contributed by atoms with Crippen LogP contribution in [0.1, 0.15) is 19.8 Å². The molecule has 1 amide bonds. The number of hydrogen-bond acceptors (Lipinski definition) is 3. The molecule has 14 heavy (non-hydrogen) atoms. The topological polar surface area (TPSA) is 69.6 Å². The summed E-state index contributed by atoms with van der Waals surface area (Å²) in [7, 11) is 0. The summed E-state index contributed by atoms with van der Waals surface area (Å²) in [6, 6.07) is -0.644. The number of carboxylic acids is 1. The summed E-state index contributed by atoms with van der Waals surface area (Å²) in [5.41, 5.74) is 0. The van der Waals surface area contributed by atoms with Gasteiger partial charge in [-0.3, -0.25) is 4.79 Å². The van der Waals surface area contributed by atoms with Gasteiger partial charge in [-0.15, -0.1) is 0 Å². The molecule has 2 N–H and O–H groups in total. The predicted octanol–water partition coefficient (Wildman–Crippen LogP) is -0.328. The first kappa shape index (κ1) is 11.0. The third kappa shape index (κ3) is 2.45. The average molecular weight is 200 g/mol. The Morgan fingerprint density at radius 3 is 2.93 bits per heavy atom. The van der Waals surface area contributed by atoms with Crippen LogP contribution in [-0.4, -0.2) is 47.6 Å². The Morgan fingerprint density at radius 2 is 2.43 bits per heavy atom. The lowest BCUT2D eigenvalue weighted by Crippen LogP contribution is -2.54. The number of rotatable bonds is 4. The van der Waals surface area contributed by atoms with E-state index < -0.39 is 12.0 Å². The fourth-order valence-electron chi connectivity index (χ4n) is 1.64. The zero-order valence-corrected chi connectivity index (χ0v) is 8.32. The van der Waals surface area contributed by atoms with Crippen molar-refractivity contribution >= 4 is 11.9 Å². The quantitative estimate of drug-likeness (QED) is 0.652. The number of piperazine rings is 1. The van der Waals surface area contributed by atoms with Crippen LogP contribution in [0, 0.1) is 0 Å². The molecule has 1 fully saturated rings. The minimum absolute atomic E-state index is 0.114. The van der Waals surface area contributed by atoms with E-state index in [1.54, 1.807) is 0 Å². The van der Waals surface area contributed by atoms with Crippen LogP contribution in [0.15, 0.2) is 0 Å². The minimum Gasteiger partial charge on any atom is -0.480 e. The molecule has 1 unspecified atom stereocenters. The lowest BCUT2D eigenvalue weighted by Gasteiger charge is -2.32. The second-order valence-corrected chi connectivity index (χ2v) is 3.41. The van der Waals surface area contributed by atoms with Crippen LogP contribution in [0.25, 0.3) is 0 Å². The Labute approximate surface area is 83.1 Å². The van der Waals surface area contributed by atoms with Crippen molar-refractivity contribution in [2.24, 2.45) is 0 Å². The molecular formula is C9H16N2O3. The van der Waals surface area contributed by atoms with Gasteiger partial charge in [0, 0.05) is 13.1 Å². The number of hydrogen-bond donors (Lipinski definition) is 2. The molecule has 0 radical (unpaired) electrons. The summed E-state index contributed by atoms with van der Waals surface area (Å²) in [4.78, 5) is 23.8. The Balaban J connectivity index is 2.65. The van der Waals surface area contributed by atoms with Crippen molar-refractivity contribution in [2.45, 2.75) is 25.8 Å². The smallest absolute Gasteiger partial charge is 0.326 e. The average Bonchev–Trinajstić information content (AvgIpc) is 2.15. The highest BCUT2D eigenvalue weighted by atomic mass is 16.4. The second-order valence-electron chi connectivity index (χ2n) is 3.41. The molecule has 0 aromatic heterocycles. The first-order chi connectivity index (χ1) is 6.66. The lowest BCUT2D eigenvalue weighted by molar-refractivity contribution is -0.151. The molecule has 1 heterocycles. The van der Waals surface area contributed by atoms with E-state index in [1.807, 2.05) is 6.92 Å². The molecule has 5 nitrogen and oxygen atoms in total. The molecule has 0 spiro atoms. The molecule has 1 aliphatic heterocycles. The van der Waals surface area contributed by atoms with Gasteiger partial charge in [0.2, 0.25) is 5.91 Å². The Bertz CT molecular complexity index is 228. The van der Waals surface area contributed by atoms with Gasteiger partial charge in [0.25, 0.3) is 0 Å². The van der Waals surface area contributed by atoms with Crippen molar-refractivity contribution in [3.63, 3.8) is 0 Å². The van der Waals surface area contributed by atoms with Crippen LogP contribution in [-0.2, 0) is 9.59 Å². The molecule has 80 valence electrons. The Kier molecular flexibility index (Phi) is 3.88. The number of aliphatic carboxylic acids is 1. The van der Waals surface area contributed by atoms with Crippen molar-refractivity contribution in [1.29, 1.82) is 0 Å². The Hall–Kier alpha value is -1.10. The minimum atomic E-state index is -0.901. The molecule has 0 aliphatic carbocycles. The van der Waals surface area contributed by atoms with Crippen LogP contribution < -0.4 is 5.32 Å². The van der Waals surface area contributed by atoms with Gasteiger partial charge in [0.05, 0.1) is 6.54 Å². The summed E-state index contributed by atoms with van der Waals surface area (Å²) < 4.78 is 0. The lowest BCUT2D eigenvalue weighted by atomic mass is 10.1. The highest BCUT2D eigenvalue weighted by Gasteiger charge is 2.29. The van der Waals surface area contributed by atoms with Gasteiger partial charge in [0.1, 0.15) is 6.04 Å². The molecule has 0 aromatic carbocycles. The van der Waals surface area contributed by atoms with Crippen LogP contribution in [0.4, 0.5) is 0 Å². The number of carbonyl (C=O) groups excluding carboxylic acids is 1. The second kappa shape index (κ2) is 4.95. The number of nitrogens with zero attached hydrogens (tertiary/aromatic N) is 1. The number of carbonyl (C=O) groups is 2. The summed E-state index contributed by atoms with van der Waals surface area (Å²) in [5.74, 6) is -1.01. The van der Waals surface area contributed by atoms with E-state index in [9.17, 15) is 9.59 Å². The van der Waals surface area contributed by atoms with Crippen LogP contribution >= 0.6 is 0 Å². The molecule has 1 saturated heterocycles. The van der Waals surface area contributed by atoms with Crippen molar-refractivity contribution in [1.82, 2.24) is 10.2 Å². The van der Waals surface area contributed by atoms with Gasteiger partial charge in [-0.25, -0.2) is 4.79 Å². The maximum Gasteiger partial charge on any atom is 0.326 e. The fraction of sp³-hybridized carbons (Fsp3) is 0.778. The summed E-state index contributed by atoms with van der Waals surface area (Å²) in [6.45, 7) is 3.35. The van der Waals surface area contributed by atoms with Crippen LogP contribution in [0.3, 0.4) is 0 Å². The molecule has 0 aromatic rings. The van der Waals surface area contributed by atoms with Gasteiger partial charge in [-0.1, -0.05) is 13.3 Å². The SMILES string of the molecule is CCCC(C(=O)O)N1CCNCC1=O. The van der Waals surface area contributed by atoms with Crippen molar-refractivity contribution in [3.05, 3.63) is 0 Å². The van der Waals surface area contributed by atoms with Gasteiger partial charge in [-0.2, -0.15) is 0 Å². The van der Waals surface area contributed by atoms with Gasteiger partial charge >= 0.3 is 5.97 Å². The van der Waals surface area contributed by atoms with Gasteiger partial charge < -0.3 is 15.3 Å². The summed E-state index contributed by atoms with van der Waals surface area (Å²) in [5, 5.41) is 11.9. The van der Waals surface area contributed by atoms with E-state index in [4.69, 9.17) is 5.11 Å². The summed E-state index contributed by atoms with van der Waals surface area (Å²) in [6.07, 6.45) is 1.30. The molecule has 0 saturated carbocycles. The van der Waals surface area contributed by atoms with Crippen molar-refractivity contribution in [3.8, 4) is 0 Å². The van der Waals surface area contributed by atoms with Crippen molar-refractivity contribution in [2.75, 3.05) is 19.6 Å². The summed E-state index contributed by atoms with van der Waals surface area (Å²) >= 11 is 0. The first-order valence-corrected chi connectivity index (χ1v) is 4.89. The molecule has 0 bridgehead atoms. The maximum atomic E-state index is 11.4. The van der Waals surface area contributed by atoms with E-state index in [1.165, 1.54) is 4.90 Å². The van der Waals surface area contributed by atoms with Crippen LogP contribution in [0.2, 0.25) is 0 Å². The standard InChI is InChI=1S/C9H16N2O3/c1-2-3-7(9(13)14)11-5-4-10-6-8(11)12/h7,10H,2-6H2,1H3,(H,13,14). The van der Waals surface area contributed by atoms with Crippen molar-refractivity contribution < 1.29 is 14.7 Å². The molecule has 1 rings (SSSR count). The Morgan fingerprint density at radius 1 is 1.71 bits per heavy atom. The largest absolute Gasteiger partial charge is 0.480 e. The number of nitrogens with one attached hydrogen (secondary N) is 1. The fourth-order valence-corrected chi connectivity index (χ4v) is 1.64. The third-order valence-electron chi connectivity index (χ3n) is 2.35. The number of amides is 1. The highest BCUT2D eigenvalue weighted by molar-refractivity contribution is 5.85. The third-order valence-corrected chi connectivity index (χ3v) is 2.35. The van der Waals surface area contributed by atoms with E-state index in [-0.39, 0.29) is 12.5 Å². The zero-order chi connectivity index (χ0) is 10.6. The van der Waals surface area contributed by atoms with E-state index in [2.05, 4.69) is 5.32 Å². The van der Waals surface area contributed by atoms with Gasteiger partial charge in [-0.05, 0) is 6.42 Å². The van der Waals surface area contributed by atoms with Crippen LogP contribution in [0.5, 0.6) is 0 Å². The molecule has 5 heteroatoms. The van der Waals surface area contributed by atoms with E-state index in [0.29, 0.717) is 19.5 Å². The normalized spacial score (nSPS) is 19.5. The predicted molar refractivity (Wildman–Crippen MR) is 50.9 cm³/mol. The maximum absolute atomic E-state index is 11.4.